The van der Waals surface area contributed by atoms with Gasteiger partial charge in [-0.2, -0.15) is 0 Å². The van der Waals surface area contributed by atoms with Crippen molar-refractivity contribution in [3.05, 3.63) is 112 Å². The summed E-state index contributed by atoms with van der Waals surface area (Å²) < 4.78 is 5.45. The van der Waals surface area contributed by atoms with Gasteiger partial charge in [0.05, 0.1) is 12.5 Å². The molecule has 6 heteroatoms. The molecule has 1 aliphatic heterocycles. The molecule has 3 aromatic rings. The van der Waals surface area contributed by atoms with Crippen molar-refractivity contribution < 1.29 is 14.3 Å². The fourth-order valence-corrected chi connectivity index (χ4v) is 5.57. The number of allylic oxidation sites excluding steroid dienone is 1. The fraction of sp³-hybridized carbons (Fsp3) is 0.241. The van der Waals surface area contributed by atoms with E-state index in [1.54, 1.807) is 31.2 Å². The van der Waals surface area contributed by atoms with Crippen LogP contribution in [-0.2, 0) is 19.7 Å². The van der Waals surface area contributed by atoms with Crippen molar-refractivity contribution in [2.45, 2.75) is 31.3 Å². The first-order valence-electron chi connectivity index (χ1n) is 11.6. The maximum Gasteiger partial charge on any atom is 0.324 e. The minimum absolute atomic E-state index is 0.138. The molecule has 0 amide bonds. The molecule has 35 heavy (non-hydrogen) atoms. The van der Waals surface area contributed by atoms with Crippen molar-refractivity contribution >= 4 is 41.0 Å². The van der Waals surface area contributed by atoms with Crippen LogP contribution in [0.25, 0.3) is 6.08 Å². The third-order valence-electron chi connectivity index (χ3n) is 6.70. The molecule has 4 nitrogen and oxygen atoms in total. The maximum absolute atomic E-state index is 14.0. The maximum atomic E-state index is 14.0. The van der Waals surface area contributed by atoms with E-state index < -0.39 is 29.4 Å². The van der Waals surface area contributed by atoms with Gasteiger partial charge in [-0.3, -0.25) is 14.9 Å². The number of halogens is 2. The van der Waals surface area contributed by atoms with Gasteiger partial charge in [-0.1, -0.05) is 96.9 Å². The van der Waals surface area contributed by atoms with Crippen LogP contribution < -0.4 is 5.32 Å². The molecule has 0 aromatic heterocycles. The highest BCUT2D eigenvalue weighted by atomic mass is 35.5. The zero-order chi connectivity index (χ0) is 25.0. The van der Waals surface area contributed by atoms with Gasteiger partial charge in [-0.25, -0.2) is 0 Å². The molecular weight excluding hydrogens is 481 g/mol. The lowest BCUT2D eigenvalue weighted by Gasteiger charge is -2.36. The van der Waals surface area contributed by atoms with Crippen molar-refractivity contribution in [3.63, 3.8) is 0 Å². The van der Waals surface area contributed by atoms with Gasteiger partial charge in [-0.05, 0) is 47.9 Å². The predicted molar refractivity (Wildman–Crippen MR) is 141 cm³/mol. The van der Waals surface area contributed by atoms with Gasteiger partial charge >= 0.3 is 5.97 Å². The first-order chi connectivity index (χ1) is 16.9. The van der Waals surface area contributed by atoms with Gasteiger partial charge in [0.2, 0.25) is 0 Å². The van der Waals surface area contributed by atoms with E-state index in [1.807, 2.05) is 73.7 Å². The second kappa shape index (κ2) is 10.8. The van der Waals surface area contributed by atoms with Crippen LogP contribution >= 0.6 is 23.2 Å². The van der Waals surface area contributed by atoms with E-state index in [1.165, 1.54) is 0 Å². The lowest BCUT2D eigenvalue weighted by molar-refractivity contribution is -0.147. The zero-order valence-electron chi connectivity index (χ0n) is 19.6. The standard InChI is InChI=1S/C29H27Cl2NO3/c1-3-35-28(34)27-29(2,21-14-8-10-16-23(21)31)25(26(32-27)20-12-5-4-6-13-20)24(33)18-17-19-11-7-9-15-22(19)30/h4-18,25-27,32H,3H2,1-2H3/b18-17+/t25-,26+,27-,29+/m1/s1. The first kappa shape index (κ1) is 25.2. The largest absolute Gasteiger partial charge is 0.465 e. The van der Waals surface area contributed by atoms with E-state index >= 15 is 0 Å². The Labute approximate surface area is 215 Å². The van der Waals surface area contributed by atoms with E-state index in [2.05, 4.69) is 5.32 Å². The van der Waals surface area contributed by atoms with Crippen molar-refractivity contribution in [1.82, 2.24) is 5.32 Å². The smallest absolute Gasteiger partial charge is 0.324 e. The highest BCUT2D eigenvalue weighted by Crippen LogP contribution is 2.51. The topological polar surface area (TPSA) is 55.4 Å². The molecular formula is C29H27Cl2NO3. The summed E-state index contributed by atoms with van der Waals surface area (Å²) in [5.74, 6) is -1.19. The Balaban J connectivity index is 1.87. The van der Waals surface area contributed by atoms with Gasteiger partial charge in [0, 0.05) is 21.5 Å². The van der Waals surface area contributed by atoms with Crippen LogP contribution in [0.5, 0.6) is 0 Å². The third-order valence-corrected chi connectivity index (χ3v) is 7.37. The minimum Gasteiger partial charge on any atom is -0.465 e. The van der Waals surface area contributed by atoms with Crippen LogP contribution in [0.2, 0.25) is 10.0 Å². The number of carbonyl (C=O) groups excluding carboxylic acids is 2. The number of esters is 1. The van der Waals surface area contributed by atoms with Gasteiger partial charge in [-0.15, -0.1) is 0 Å². The molecule has 1 N–H and O–H groups in total. The summed E-state index contributed by atoms with van der Waals surface area (Å²) in [5, 5.41) is 4.48. The second-order valence-electron chi connectivity index (χ2n) is 8.74. The molecule has 4 rings (SSSR count). The molecule has 0 spiro atoms. The average molecular weight is 508 g/mol. The van der Waals surface area contributed by atoms with Crippen molar-refractivity contribution in [2.24, 2.45) is 5.92 Å². The minimum atomic E-state index is -0.979. The SMILES string of the molecule is CCOC(=O)[C@H]1N[C@@H](c2ccccc2)[C@@H](C(=O)/C=C/c2ccccc2Cl)[C@]1(C)c1ccccc1Cl. The van der Waals surface area contributed by atoms with Crippen LogP contribution in [0, 0.1) is 5.92 Å². The monoisotopic (exact) mass is 507 g/mol. The summed E-state index contributed by atoms with van der Waals surface area (Å²) in [6.45, 7) is 3.91. The molecule has 0 bridgehead atoms. The first-order valence-corrected chi connectivity index (χ1v) is 12.3. The van der Waals surface area contributed by atoms with Gasteiger partial charge < -0.3 is 4.74 Å². The molecule has 0 radical (unpaired) electrons. The number of hydrogen-bond acceptors (Lipinski definition) is 4. The summed E-state index contributed by atoms with van der Waals surface area (Å²) in [5.41, 5.74) is 1.39. The molecule has 0 unspecified atom stereocenters. The summed E-state index contributed by atoms with van der Waals surface area (Å²) in [6.07, 6.45) is 3.27. The number of carbonyl (C=O) groups is 2. The zero-order valence-corrected chi connectivity index (χ0v) is 21.1. The Bertz CT molecular complexity index is 1240. The number of ketones is 1. The van der Waals surface area contributed by atoms with Crippen molar-refractivity contribution in [3.8, 4) is 0 Å². The molecule has 180 valence electrons. The van der Waals surface area contributed by atoms with Crippen molar-refractivity contribution in [1.29, 1.82) is 0 Å². The lowest BCUT2D eigenvalue weighted by atomic mass is 9.65. The Morgan fingerprint density at radius 1 is 0.943 bits per heavy atom. The van der Waals surface area contributed by atoms with E-state index in [4.69, 9.17) is 27.9 Å². The molecule has 4 atom stereocenters. The normalized spacial score (nSPS) is 23.9. The van der Waals surface area contributed by atoms with E-state index in [0.29, 0.717) is 10.0 Å². The molecule has 0 aliphatic carbocycles. The Hall–Kier alpha value is -2.92. The molecule has 1 saturated heterocycles. The van der Waals surface area contributed by atoms with E-state index in [0.717, 1.165) is 16.7 Å². The number of ether oxygens (including phenoxy) is 1. The molecule has 0 saturated carbocycles. The number of nitrogens with one attached hydrogen (secondary N) is 1. The Morgan fingerprint density at radius 3 is 2.23 bits per heavy atom. The second-order valence-corrected chi connectivity index (χ2v) is 9.55. The summed E-state index contributed by atoms with van der Waals surface area (Å²) in [4.78, 5) is 27.2. The van der Waals surface area contributed by atoms with Crippen LogP contribution in [0.15, 0.2) is 84.9 Å². The van der Waals surface area contributed by atoms with Gasteiger partial charge in [0.15, 0.2) is 5.78 Å². The molecule has 1 fully saturated rings. The van der Waals surface area contributed by atoms with E-state index in [-0.39, 0.29) is 12.4 Å². The third kappa shape index (κ3) is 4.92. The predicted octanol–water partition coefficient (Wildman–Crippen LogP) is 6.43. The molecule has 3 aromatic carbocycles. The average Bonchev–Trinajstić information content (AvgIpc) is 3.18. The highest BCUT2D eigenvalue weighted by molar-refractivity contribution is 6.32. The highest BCUT2D eigenvalue weighted by Gasteiger charge is 2.59. The van der Waals surface area contributed by atoms with Crippen LogP contribution in [0.1, 0.15) is 36.6 Å². The molecule has 1 aliphatic rings. The number of rotatable bonds is 7. The summed E-state index contributed by atoms with van der Waals surface area (Å²) >= 11 is 13.0. The van der Waals surface area contributed by atoms with Crippen LogP contribution in [-0.4, -0.2) is 24.4 Å². The Kier molecular flexibility index (Phi) is 7.75. The van der Waals surface area contributed by atoms with E-state index in [9.17, 15) is 9.59 Å². The van der Waals surface area contributed by atoms with Crippen LogP contribution in [0.3, 0.4) is 0 Å². The Morgan fingerprint density at radius 2 is 1.57 bits per heavy atom. The van der Waals surface area contributed by atoms with Crippen LogP contribution in [0.4, 0.5) is 0 Å². The lowest BCUT2D eigenvalue weighted by Crippen LogP contribution is -2.48. The molecule has 1 heterocycles. The number of hydrogen-bond donors (Lipinski definition) is 1. The quantitative estimate of drug-likeness (QED) is 0.295. The number of benzene rings is 3. The fourth-order valence-electron chi connectivity index (χ4n) is 5.03. The van der Waals surface area contributed by atoms with Gasteiger partial charge in [0.1, 0.15) is 6.04 Å². The van der Waals surface area contributed by atoms with Gasteiger partial charge in [0.25, 0.3) is 0 Å². The van der Waals surface area contributed by atoms with Crippen molar-refractivity contribution in [2.75, 3.05) is 6.61 Å². The summed E-state index contributed by atoms with van der Waals surface area (Å²) in [6, 6.07) is 23.1. The summed E-state index contributed by atoms with van der Waals surface area (Å²) in [7, 11) is 0.